The highest BCUT2D eigenvalue weighted by Crippen LogP contribution is 2.48. The van der Waals surface area contributed by atoms with E-state index in [9.17, 15) is 19.2 Å². The van der Waals surface area contributed by atoms with E-state index >= 15 is 0 Å². The maximum Gasteiger partial charge on any atom is 0.307 e. The van der Waals surface area contributed by atoms with Gasteiger partial charge < -0.3 is 23.8 Å². The summed E-state index contributed by atoms with van der Waals surface area (Å²) in [4.78, 5) is 57.9. The molecule has 0 saturated heterocycles. The zero-order chi connectivity index (χ0) is 58.5. The molecule has 0 bridgehead atoms. The zero-order valence-electron chi connectivity index (χ0n) is 54.3. The Morgan fingerprint density at radius 1 is 0.338 bits per heavy atom. The normalized spacial score (nSPS) is 16.1. The molecule has 0 N–H and O–H groups in total. The molecule has 0 heterocycles. The van der Waals surface area contributed by atoms with Crippen LogP contribution in [-0.4, -0.2) is 98.9 Å². The van der Waals surface area contributed by atoms with Crippen LogP contribution in [0.15, 0.2) is 0 Å². The molecular formula is C70H134N2O8. The molecule has 0 aromatic rings. The maximum atomic E-state index is 13.3. The quantitative estimate of drug-likeness (QED) is 0.0332. The molecule has 80 heavy (non-hydrogen) atoms. The van der Waals surface area contributed by atoms with Gasteiger partial charge in [-0.1, -0.05) is 280 Å². The third-order valence-corrected chi connectivity index (χ3v) is 17.1. The Hall–Kier alpha value is -2.20. The third kappa shape index (κ3) is 47.2. The van der Waals surface area contributed by atoms with Crippen molar-refractivity contribution in [3.63, 3.8) is 0 Å². The lowest BCUT2D eigenvalue weighted by molar-refractivity contribution is -0.147. The van der Waals surface area contributed by atoms with Crippen LogP contribution in [0.3, 0.4) is 0 Å². The van der Waals surface area contributed by atoms with Gasteiger partial charge in [0.2, 0.25) is 0 Å². The third-order valence-electron chi connectivity index (χ3n) is 17.1. The largest absolute Gasteiger partial charge is 0.466 e. The fraction of sp³-hybridized carbons (Fsp3) is 0.943. The summed E-state index contributed by atoms with van der Waals surface area (Å²) in [5.74, 6) is -0.683. The van der Waals surface area contributed by atoms with E-state index in [1.807, 2.05) is 0 Å². The van der Waals surface area contributed by atoms with E-state index in [-0.39, 0.29) is 66.4 Å². The highest BCUT2D eigenvalue weighted by atomic mass is 16.5. The Balaban J connectivity index is 3.00. The average Bonchev–Trinajstić information content (AvgIpc) is 3.47. The van der Waals surface area contributed by atoms with Crippen molar-refractivity contribution in [2.24, 2.45) is 10.8 Å². The predicted molar refractivity (Wildman–Crippen MR) is 337 cm³/mol. The van der Waals surface area contributed by atoms with Crippen molar-refractivity contribution in [3.8, 4) is 0 Å². The number of unbranched alkanes of at least 4 members (excludes halogenated alkanes) is 36. The summed E-state index contributed by atoms with van der Waals surface area (Å²) in [6, 6.07) is 0.132. The second kappa shape index (κ2) is 53.5. The summed E-state index contributed by atoms with van der Waals surface area (Å²) in [6.07, 6.45) is 53.4. The van der Waals surface area contributed by atoms with E-state index in [1.54, 1.807) is 0 Å². The maximum absolute atomic E-state index is 13.3. The van der Waals surface area contributed by atoms with E-state index in [0.29, 0.717) is 52.6 Å². The van der Waals surface area contributed by atoms with Crippen LogP contribution in [0.1, 0.15) is 350 Å². The molecule has 0 spiro atoms. The Morgan fingerprint density at radius 3 is 0.838 bits per heavy atom. The molecule has 2 atom stereocenters. The van der Waals surface area contributed by atoms with Crippen LogP contribution >= 0.6 is 0 Å². The number of esters is 4. The summed E-state index contributed by atoms with van der Waals surface area (Å²) in [6.45, 7) is 20.8. The predicted octanol–water partition coefficient (Wildman–Crippen LogP) is 19.6. The lowest BCUT2D eigenvalue weighted by Gasteiger charge is -2.51. The topological polar surface area (TPSA) is 112 Å². The summed E-state index contributed by atoms with van der Waals surface area (Å²) in [5, 5.41) is 0. The molecule has 10 nitrogen and oxygen atoms in total. The van der Waals surface area contributed by atoms with E-state index in [4.69, 9.17) is 18.9 Å². The van der Waals surface area contributed by atoms with Crippen LogP contribution in [0.5, 0.6) is 0 Å². The molecule has 0 aromatic carbocycles. The highest BCUT2D eigenvalue weighted by Gasteiger charge is 2.44. The Labute approximate surface area is 496 Å². The van der Waals surface area contributed by atoms with Crippen LogP contribution in [0.2, 0.25) is 0 Å². The van der Waals surface area contributed by atoms with E-state index in [2.05, 4.69) is 58.3 Å². The highest BCUT2D eigenvalue weighted by molar-refractivity contribution is 5.71. The van der Waals surface area contributed by atoms with Gasteiger partial charge in [-0.3, -0.25) is 24.1 Å². The van der Waals surface area contributed by atoms with Crippen LogP contribution in [0.4, 0.5) is 0 Å². The van der Waals surface area contributed by atoms with Crippen molar-refractivity contribution in [1.82, 2.24) is 9.80 Å². The molecule has 0 aromatic heterocycles. The smallest absolute Gasteiger partial charge is 0.307 e. The van der Waals surface area contributed by atoms with Gasteiger partial charge in [0, 0.05) is 38.8 Å². The Morgan fingerprint density at radius 2 is 0.575 bits per heavy atom. The number of hydrogen-bond acceptors (Lipinski definition) is 10. The number of hydrogen-bond donors (Lipinski definition) is 0. The Kier molecular flexibility index (Phi) is 50.7. The molecule has 0 amide bonds. The molecule has 1 aliphatic carbocycles. The van der Waals surface area contributed by atoms with E-state index in [1.165, 1.54) is 205 Å². The van der Waals surface area contributed by atoms with Crippen LogP contribution < -0.4 is 0 Å². The summed E-state index contributed by atoms with van der Waals surface area (Å²) in [7, 11) is 0. The second-order valence-electron chi connectivity index (χ2n) is 26.1. The molecule has 1 rings (SSSR count). The number of ether oxygens (including phenoxy) is 4. The van der Waals surface area contributed by atoms with Gasteiger partial charge in [-0.2, -0.15) is 0 Å². The summed E-state index contributed by atoms with van der Waals surface area (Å²) < 4.78 is 23.2. The van der Waals surface area contributed by atoms with Gasteiger partial charge >= 0.3 is 23.9 Å². The second-order valence-corrected chi connectivity index (χ2v) is 26.1. The summed E-state index contributed by atoms with van der Waals surface area (Å²) >= 11 is 0. The molecule has 1 saturated carbocycles. The monoisotopic (exact) mass is 1130 g/mol. The minimum Gasteiger partial charge on any atom is -0.466 e. The van der Waals surface area contributed by atoms with Crippen molar-refractivity contribution < 1.29 is 38.1 Å². The first-order valence-electron chi connectivity index (χ1n) is 35.0. The minimum atomic E-state index is -0.173. The van der Waals surface area contributed by atoms with Crippen LogP contribution in [0.25, 0.3) is 0 Å². The van der Waals surface area contributed by atoms with Gasteiger partial charge in [0.05, 0.1) is 52.1 Å². The van der Waals surface area contributed by atoms with E-state index < -0.39 is 0 Å². The van der Waals surface area contributed by atoms with Gasteiger partial charge in [0.1, 0.15) is 0 Å². The van der Waals surface area contributed by atoms with Crippen molar-refractivity contribution in [2.75, 3.05) is 59.2 Å². The molecule has 1 fully saturated rings. The number of carbonyl (C=O) groups is 4. The average molecular weight is 1130 g/mol. The number of carbonyl (C=O) groups excluding carboxylic acids is 4. The van der Waals surface area contributed by atoms with Crippen LogP contribution in [0, 0.1) is 10.8 Å². The van der Waals surface area contributed by atoms with Gasteiger partial charge in [-0.05, 0) is 55.8 Å². The van der Waals surface area contributed by atoms with Gasteiger partial charge in [0.15, 0.2) is 0 Å². The van der Waals surface area contributed by atoms with Crippen LogP contribution in [-0.2, 0) is 38.1 Å². The minimum absolute atomic E-state index is 0.0183. The lowest BCUT2D eigenvalue weighted by atomic mass is 9.62. The van der Waals surface area contributed by atoms with Gasteiger partial charge in [-0.15, -0.1) is 0 Å². The Bertz CT molecular complexity index is 1360. The van der Waals surface area contributed by atoms with E-state index in [0.717, 1.165) is 77.2 Å². The number of nitrogens with zero attached hydrogens (tertiary/aromatic N) is 2. The van der Waals surface area contributed by atoms with Crippen molar-refractivity contribution >= 4 is 23.9 Å². The molecule has 10 heteroatoms. The zero-order valence-corrected chi connectivity index (χ0v) is 54.3. The fourth-order valence-electron chi connectivity index (χ4n) is 12.6. The first kappa shape index (κ1) is 75.8. The van der Waals surface area contributed by atoms with Gasteiger partial charge in [0.25, 0.3) is 0 Å². The molecular weight excluding hydrogens is 997 g/mol. The SMILES string of the molecule is CCCCCCCCCCCCOC(=O)CCN(CCC(=O)OCCCCCCCCCCCC)CC1(C)CC(N(CCC(=O)OCCCCCCCCCCCC)CCC(=O)OCCCCCCCCCCCC)CC(C)(C)C1. The fourth-order valence-corrected chi connectivity index (χ4v) is 12.6. The van der Waals surface area contributed by atoms with Crippen molar-refractivity contribution in [3.05, 3.63) is 0 Å². The van der Waals surface area contributed by atoms with Crippen molar-refractivity contribution in [1.29, 1.82) is 0 Å². The van der Waals surface area contributed by atoms with Crippen molar-refractivity contribution in [2.45, 2.75) is 356 Å². The number of rotatable bonds is 59. The molecule has 2 unspecified atom stereocenters. The first-order valence-corrected chi connectivity index (χ1v) is 35.0. The molecule has 1 aliphatic rings. The first-order chi connectivity index (χ1) is 38.9. The molecule has 472 valence electrons. The summed E-state index contributed by atoms with van der Waals surface area (Å²) in [5.41, 5.74) is -0.175. The molecule has 0 aliphatic heterocycles. The van der Waals surface area contributed by atoms with Gasteiger partial charge in [-0.25, -0.2) is 0 Å². The lowest BCUT2D eigenvalue weighted by Crippen LogP contribution is -2.51. The molecule has 0 radical (unpaired) electrons. The standard InChI is InChI=1S/C70H134N2O8/c1-8-12-16-20-24-28-32-36-40-44-56-77-65(73)48-52-71(53-49-66(74)78-57-45-41-37-33-29-25-21-17-13-9-2)63-70(7)61-64(60-69(5,6)62-70)72(54-50-67(75)79-58-46-42-38-34-30-26-22-18-14-10-3)55-51-68(76)80-59-47-43-39-35-31-27-23-19-15-11-4/h64H,8-63H2,1-7H3.